The Labute approximate surface area is 155 Å². The van der Waals surface area contributed by atoms with Gasteiger partial charge < -0.3 is 15.5 Å². The molecule has 0 saturated heterocycles. The number of methoxy groups -OCH3 is 1. The van der Waals surface area contributed by atoms with Crippen molar-refractivity contribution >= 4 is 38.2 Å². The van der Waals surface area contributed by atoms with Gasteiger partial charge >= 0.3 is 0 Å². The summed E-state index contributed by atoms with van der Waals surface area (Å²) < 4.78 is 6.40. The monoisotopic (exact) mass is 397 g/mol. The molecule has 2 aromatic carbocycles. The first-order chi connectivity index (χ1) is 12.2. The van der Waals surface area contributed by atoms with E-state index >= 15 is 0 Å². The lowest BCUT2D eigenvalue weighted by Crippen LogP contribution is -2.13. The zero-order valence-corrected chi connectivity index (χ0v) is 15.7. The molecule has 0 saturated carbocycles. The quantitative estimate of drug-likeness (QED) is 0.636. The van der Waals surface area contributed by atoms with Crippen LogP contribution in [-0.4, -0.2) is 24.4 Å². The van der Waals surface area contributed by atoms with E-state index in [9.17, 15) is 0 Å². The first-order valence-corrected chi connectivity index (χ1v) is 9.21. The highest BCUT2D eigenvalue weighted by atomic mass is 79.9. The minimum absolute atomic E-state index is 0.834. The summed E-state index contributed by atoms with van der Waals surface area (Å²) in [6.07, 6.45) is 2.73. The summed E-state index contributed by atoms with van der Waals surface area (Å²) >= 11 is 3.52. The Balaban J connectivity index is 1.64. The molecule has 0 radical (unpaired) electrons. The van der Waals surface area contributed by atoms with E-state index in [1.807, 2.05) is 18.2 Å². The zero-order chi connectivity index (χ0) is 17.4. The summed E-state index contributed by atoms with van der Waals surface area (Å²) in [7, 11) is 1.69. The van der Waals surface area contributed by atoms with Crippen molar-refractivity contribution in [3.63, 3.8) is 0 Å². The third kappa shape index (κ3) is 3.04. The lowest BCUT2D eigenvalue weighted by atomic mass is 9.97. The smallest absolute Gasteiger partial charge is 0.120 e. The van der Waals surface area contributed by atoms with Crippen molar-refractivity contribution < 1.29 is 4.74 Å². The fraction of sp³-hybridized carbons (Fsp3) is 0.250. The van der Waals surface area contributed by atoms with Gasteiger partial charge in [-0.25, -0.2) is 0 Å². The van der Waals surface area contributed by atoms with E-state index in [0.717, 1.165) is 58.5 Å². The molecule has 1 aliphatic heterocycles. The number of hydrogen-bond donors (Lipinski definition) is 2. The molecule has 0 spiro atoms. The molecule has 25 heavy (non-hydrogen) atoms. The molecule has 0 unspecified atom stereocenters. The van der Waals surface area contributed by atoms with Gasteiger partial charge in [-0.3, -0.25) is 4.99 Å². The molecular weight excluding hydrogens is 378 g/mol. The number of nitrogens with one attached hydrogen (secondary N) is 1. The van der Waals surface area contributed by atoms with Gasteiger partial charge in [-0.15, -0.1) is 0 Å². The van der Waals surface area contributed by atoms with Crippen LogP contribution in [0.25, 0.3) is 10.9 Å². The number of ether oxygens (including phenoxy) is 1. The minimum atomic E-state index is 0.834. The molecule has 0 fully saturated rings. The number of aromatic amines is 1. The third-order valence-electron chi connectivity index (χ3n) is 4.80. The molecule has 1 aliphatic rings. The maximum Gasteiger partial charge on any atom is 0.120 e. The van der Waals surface area contributed by atoms with Crippen LogP contribution in [0.5, 0.6) is 5.75 Å². The third-order valence-corrected chi connectivity index (χ3v) is 5.30. The largest absolute Gasteiger partial charge is 0.497 e. The van der Waals surface area contributed by atoms with E-state index in [1.165, 1.54) is 16.6 Å². The first kappa shape index (κ1) is 16.2. The number of aromatic nitrogens is 1. The van der Waals surface area contributed by atoms with E-state index in [2.05, 4.69) is 39.1 Å². The minimum Gasteiger partial charge on any atom is -0.497 e. The van der Waals surface area contributed by atoms with E-state index in [-0.39, 0.29) is 0 Å². The van der Waals surface area contributed by atoms with E-state index in [4.69, 9.17) is 15.5 Å². The number of hydrogen-bond acceptors (Lipinski definition) is 3. The number of aryl methyl sites for hydroxylation is 1. The average molecular weight is 398 g/mol. The average Bonchev–Trinajstić information content (AvgIpc) is 3.00. The van der Waals surface area contributed by atoms with Crippen LogP contribution in [-0.2, 0) is 12.8 Å². The standard InChI is InChI=1S/C20H20BrN3O/c1-25-14-4-5-15-16-8-9-23-18(20(16)24-19(15)11-14)7-2-12-10-13(21)3-6-17(12)22/h3-6,10-11,24H,2,7-9,22H2,1H3. The van der Waals surface area contributed by atoms with Crippen molar-refractivity contribution in [3.8, 4) is 5.75 Å². The van der Waals surface area contributed by atoms with Crippen LogP contribution in [0, 0.1) is 0 Å². The van der Waals surface area contributed by atoms with Crippen molar-refractivity contribution in [3.05, 3.63) is 57.7 Å². The molecule has 4 nitrogen and oxygen atoms in total. The second-order valence-corrected chi connectivity index (χ2v) is 7.23. The SMILES string of the molecule is COc1ccc2c3c([nH]c2c1)C(CCc1cc(Br)ccc1N)=NCC3. The van der Waals surface area contributed by atoms with Crippen LogP contribution in [0.2, 0.25) is 0 Å². The molecule has 3 aromatic rings. The number of benzene rings is 2. The van der Waals surface area contributed by atoms with E-state index in [0.29, 0.717) is 0 Å². The number of fused-ring (bicyclic) bond motifs is 3. The van der Waals surface area contributed by atoms with Crippen LogP contribution in [0.1, 0.15) is 23.2 Å². The predicted octanol–water partition coefficient (Wildman–Crippen LogP) is 4.50. The highest BCUT2D eigenvalue weighted by Gasteiger charge is 2.20. The van der Waals surface area contributed by atoms with Crippen LogP contribution in [0.15, 0.2) is 45.9 Å². The number of nitrogens with zero attached hydrogens (tertiary/aromatic N) is 1. The van der Waals surface area contributed by atoms with Gasteiger partial charge in [-0.05, 0) is 60.7 Å². The molecule has 0 atom stereocenters. The van der Waals surface area contributed by atoms with Crippen molar-refractivity contribution in [1.29, 1.82) is 0 Å². The Bertz CT molecular complexity index is 974. The summed E-state index contributed by atoms with van der Waals surface area (Å²) in [5.41, 5.74) is 12.9. The molecule has 0 bridgehead atoms. The van der Waals surface area contributed by atoms with Crippen LogP contribution < -0.4 is 10.5 Å². The highest BCUT2D eigenvalue weighted by molar-refractivity contribution is 9.10. The topological polar surface area (TPSA) is 63.4 Å². The Morgan fingerprint density at radius 2 is 2.08 bits per heavy atom. The van der Waals surface area contributed by atoms with Crippen molar-refractivity contribution in [1.82, 2.24) is 4.98 Å². The zero-order valence-electron chi connectivity index (χ0n) is 14.1. The number of aliphatic imine (C=N–C) groups is 1. The van der Waals surface area contributed by atoms with Crippen LogP contribution in [0.4, 0.5) is 5.69 Å². The maximum absolute atomic E-state index is 6.11. The number of nitrogens with two attached hydrogens (primary N) is 1. The Kier molecular flexibility index (Phi) is 4.25. The number of halogens is 1. The maximum atomic E-state index is 6.11. The van der Waals surface area contributed by atoms with Gasteiger partial charge in [-0.1, -0.05) is 15.9 Å². The number of H-pyrrole nitrogens is 1. The van der Waals surface area contributed by atoms with E-state index < -0.39 is 0 Å². The van der Waals surface area contributed by atoms with Gasteiger partial charge in [0.2, 0.25) is 0 Å². The summed E-state index contributed by atoms with van der Waals surface area (Å²) in [4.78, 5) is 8.33. The molecule has 0 amide bonds. The summed E-state index contributed by atoms with van der Waals surface area (Å²) in [6, 6.07) is 12.2. The van der Waals surface area contributed by atoms with Crippen molar-refractivity contribution in [2.24, 2.45) is 4.99 Å². The predicted molar refractivity (Wildman–Crippen MR) is 107 cm³/mol. The van der Waals surface area contributed by atoms with Gasteiger partial charge in [0.15, 0.2) is 0 Å². The van der Waals surface area contributed by atoms with Crippen molar-refractivity contribution in [2.75, 3.05) is 19.4 Å². The van der Waals surface area contributed by atoms with Gasteiger partial charge in [-0.2, -0.15) is 0 Å². The second kappa shape index (κ2) is 6.56. The Morgan fingerprint density at radius 1 is 1.20 bits per heavy atom. The van der Waals surface area contributed by atoms with Crippen LogP contribution >= 0.6 is 15.9 Å². The molecule has 1 aromatic heterocycles. The molecule has 4 rings (SSSR count). The number of anilines is 1. The molecule has 2 heterocycles. The van der Waals surface area contributed by atoms with Crippen molar-refractivity contribution in [2.45, 2.75) is 19.3 Å². The first-order valence-electron chi connectivity index (χ1n) is 8.42. The highest BCUT2D eigenvalue weighted by Crippen LogP contribution is 2.30. The fourth-order valence-electron chi connectivity index (χ4n) is 3.50. The molecule has 0 aliphatic carbocycles. The summed E-state index contributed by atoms with van der Waals surface area (Å²) in [6.45, 7) is 0.843. The Hall–Kier alpha value is -2.27. The number of rotatable bonds is 4. The molecule has 128 valence electrons. The normalized spacial score (nSPS) is 13.6. The second-order valence-electron chi connectivity index (χ2n) is 6.31. The number of nitrogen functional groups attached to an aromatic ring is 1. The van der Waals surface area contributed by atoms with Gasteiger partial charge in [0.25, 0.3) is 0 Å². The summed E-state index contributed by atoms with van der Waals surface area (Å²) in [5, 5.41) is 1.27. The van der Waals surface area contributed by atoms with Crippen LogP contribution in [0.3, 0.4) is 0 Å². The van der Waals surface area contributed by atoms with E-state index in [1.54, 1.807) is 7.11 Å². The lowest BCUT2D eigenvalue weighted by Gasteiger charge is -2.14. The lowest BCUT2D eigenvalue weighted by molar-refractivity contribution is 0.415. The summed E-state index contributed by atoms with van der Waals surface area (Å²) in [5.74, 6) is 0.867. The Morgan fingerprint density at radius 3 is 2.92 bits per heavy atom. The van der Waals surface area contributed by atoms with Gasteiger partial charge in [0.1, 0.15) is 5.75 Å². The van der Waals surface area contributed by atoms with Gasteiger partial charge in [0, 0.05) is 33.7 Å². The molecule has 3 N–H and O–H groups in total. The molecular formula is C20H20BrN3O. The fourth-order valence-corrected chi connectivity index (χ4v) is 3.91. The van der Waals surface area contributed by atoms with Gasteiger partial charge in [0.05, 0.1) is 18.5 Å². The molecule has 5 heteroatoms.